The fourth-order valence-electron chi connectivity index (χ4n) is 3.45. The fourth-order valence-corrected chi connectivity index (χ4v) is 3.98. The smallest absolute Gasteiger partial charge is 0.238 e. The normalized spacial score (nSPS) is 12.0. The molecule has 4 aromatic rings. The summed E-state index contributed by atoms with van der Waals surface area (Å²) in [6.45, 7) is 4.38. The Bertz CT molecular complexity index is 1370. The zero-order chi connectivity index (χ0) is 21.5. The van der Waals surface area contributed by atoms with Gasteiger partial charge in [-0.3, -0.25) is 4.79 Å². The van der Waals surface area contributed by atoms with E-state index in [9.17, 15) is 13.2 Å². The first-order chi connectivity index (χ1) is 14.2. The van der Waals surface area contributed by atoms with Crippen LogP contribution in [0.25, 0.3) is 22.1 Å². The summed E-state index contributed by atoms with van der Waals surface area (Å²) in [6.07, 6.45) is 0.631. The van der Waals surface area contributed by atoms with Crippen LogP contribution in [-0.2, 0) is 27.8 Å². The quantitative estimate of drug-likeness (QED) is 0.486. The minimum Gasteiger partial charge on any atom is -0.441 e. The number of sulfonamides is 1. The molecule has 2 heterocycles. The summed E-state index contributed by atoms with van der Waals surface area (Å²) in [5.41, 5.74) is 3.32. The van der Waals surface area contributed by atoms with Crippen LogP contribution < -0.4 is 10.5 Å². The minimum absolute atomic E-state index is 0.0125. The topological polar surface area (TPSA) is 133 Å². The Morgan fingerprint density at radius 2 is 1.97 bits per heavy atom. The van der Waals surface area contributed by atoms with Crippen LogP contribution in [0.2, 0.25) is 0 Å². The molecule has 0 unspecified atom stereocenters. The van der Waals surface area contributed by atoms with Crippen molar-refractivity contribution in [2.24, 2.45) is 5.14 Å². The Labute approximate surface area is 173 Å². The van der Waals surface area contributed by atoms with Gasteiger partial charge in [-0.15, -0.1) is 0 Å². The highest BCUT2D eigenvalue weighted by molar-refractivity contribution is 7.89. The highest BCUT2D eigenvalue weighted by Crippen LogP contribution is 2.22. The van der Waals surface area contributed by atoms with E-state index in [1.165, 1.54) is 12.1 Å². The Morgan fingerprint density at radius 1 is 1.17 bits per heavy atom. The molecular weight excluding hydrogens is 406 g/mol. The minimum atomic E-state index is -3.80. The summed E-state index contributed by atoms with van der Waals surface area (Å²) in [6, 6.07) is 9.90. The summed E-state index contributed by atoms with van der Waals surface area (Å²) >= 11 is 0. The van der Waals surface area contributed by atoms with Crippen molar-refractivity contribution in [1.82, 2.24) is 14.5 Å². The number of primary sulfonamides is 1. The summed E-state index contributed by atoms with van der Waals surface area (Å²) in [5, 5.41) is 8.07. The van der Waals surface area contributed by atoms with Crippen molar-refractivity contribution in [3.63, 3.8) is 0 Å². The molecule has 156 valence electrons. The molecule has 30 heavy (non-hydrogen) atoms. The Hall–Kier alpha value is -3.24. The van der Waals surface area contributed by atoms with Gasteiger partial charge in [0.05, 0.1) is 15.9 Å². The van der Waals surface area contributed by atoms with Crippen LogP contribution in [0.4, 0.5) is 5.69 Å². The number of benzene rings is 2. The number of fused-ring (bicyclic) bond motifs is 2. The molecule has 2 aromatic carbocycles. The Morgan fingerprint density at radius 3 is 2.70 bits per heavy atom. The number of oxazole rings is 1. The van der Waals surface area contributed by atoms with Gasteiger partial charge >= 0.3 is 0 Å². The van der Waals surface area contributed by atoms with E-state index in [0.717, 1.165) is 5.52 Å². The number of hydrogen-bond acceptors (Lipinski definition) is 6. The molecule has 0 fully saturated rings. The van der Waals surface area contributed by atoms with Gasteiger partial charge in [-0.25, -0.2) is 23.5 Å². The molecule has 0 aliphatic rings. The van der Waals surface area contributed by atoms with E-state index in [1.54, 1.807) is 31.2 Å². The summed E-state index contributed by atoms with van der Waals surface area (Å²) in [7, 11) is -3.80. The van der Waals surface area contributed by atoms with Crippen molar-refractivity contribution in [1.29, 1.82) is 0 Å². The number of hydrogen-bond donors (Lipinski definition) is 2. The van der Waals surface area contributed by atoms with Gasteiger partial charge in [0, 0.05) is 32.0 Å². The summed E-state index contributed by atoms with van der Waals surface area (Å²) in [5.74, 6) is 1.11. The molecular formula is C20H21N5O4S. The molecule has 0 spiro atoms. The number of nitrogens with one attached hydrogen (secondary N) is 1. The van der Waals surface area contributed by atoms with E-state index in [0.29, 0.717) is 47.0 Å². The second-order valence-electron chi connectivity index (χ2n) is 6.93. The maximum atomic E-state index is 12.4. The Kier molecular flexibility index (Phi) is 5.04. The lowest BCUT2D eigenvalue weighted by atomic mass is 10.2. The van der Waals surface area contributed by atoms with Crippen molar-refractivity contribution in [3.05, 3.63) is 48.1 Å². The monoisotopic (exact) mass is 427 g/mol. The highest BCUT2D eigenvalue weighted by atomic mass is 32.2. The first kappa shape index (κ1) is 20.0. The number of anilines is 1. The van der Waals surface area contributed by atoms with Crippen molar-refractivity contribution in [2.45, 2.75) is 38.1 Å². The number of nitrogens with zero attached hydrogens (tertiary/aromatic N) is 3. The number of rotatable bonds is 6. The number of amides is 1. The molecule has 4 rings (SSSR count). The van der Waals surface area contributed by atoms with Crippen molar-refractivity contribution >= 4 is 43.8 Å². The van der Waals surface area contributed by atoms with Crippen LogP contribution in [0.5, 0.6) is 0 Å². The molecule has 3 N–H and O–H groups in total. The van der Waals surface area contributed by atoms with Crippen LogP contribution in [0.15, 0.2) is 45.7 Å². The SMILES string of the molecule is CCn1c(CCC(=O)Nc2ccc3oc(C)nc3c2)nc2cc(S(N)(=O)=O)ccc21. The van der Waals surface area contributed by atoms with Gasteiger partial charge in [-0.05, 0) is 43.3 Å². The number of carbonyl (C=O) groups excluding carboxylic acids is 1. The highest BCUT2D eigenvalue weighted by Gasteiger charge is 2.15. The average Bonchev–Trinajstić information content (AvgIpc) is 3.23. The number of aromatic nitrogens is 3. The van der Waals surface area contributed by atoms with Gasteiger partial charge in [-0.1, -0.05) is 0 Å². The van der Waals surface area contributed by atoms with Gasteiger partial charge in [0.1, 0.15) is 11.3 Å². The third-order valence-electron chi connectivity index (χ3n) is 4.80. The van der Waals surface area contributed by atoms with Crippen molar-refractivity contribution < 1.29 is 17.6 Å². The summed E-state index contributed by atoms with van der Waals surface area (Å²) < 4.78 is 30.6. The number of imidazole rings is 1. The lowest BCUT2D eigenvalue weighted by molar-refractivity contribution is -0.116. The van der Waals surface area contributed by atoms with Gasteiger partial charge in [0.25, 0.3) is 0 Å². The molecule has 9 nitrogen and oxygen atoms in total. The molecule has 10 heteroatoms. The van der Waals surface area contributed by atoms with E-state index >= 15 is 0 Å². The summed E-state index contributed by atoms with van der Waals surface area (Å²) in [4.78, 5) is 21.2. The standard InChI is InChI=1S/C20H21N5O4S/c1-3-25-17-6-5-14(30(21,27)28)11-15(17)24-19(25)8-9-20(26)23-13-4-7-18-16(10-13)22-12(2)29-18/h4-7,10-11H,3,8-9H2,1-2H3,(H,23,26)(H2,21,27,28). The zero-order valence-corrected chi connectivity index (χ0v) is 17.4. The van der Waals surface area contributed by atoms with Crippen LogP contribution in [0.3, 0.4) is 0 Å². The van der Waals surface area contributed by atoms with E-state index in [-0.39, 0.29) is 17.2 Å². The van der Waals surface area contributed by atoms with Crippen molar-refractivity contribution in [2.75, 3.05) is 5.32 Å². The molecule has 0 radical (unpaired) electrons. The lowest BCUT2D eigenvalue weighted by Gasteiger charge is -2.07. The van der Waals surface area contributed by atoms with Crippen LogP contribution in [0, 0.1) is 6.92 Å². The van der Waals surface area contributed by atoms with Crippen LogP contribution >= 0.6 is 0 Å². The molecule has 0 atom stereocenters. The van der Waals surface area contributed by atoms with Crippen LogP contribution in [-0.4, -0.2) is 28.9 Å². The molecule has 1 amide bonds. The molecule has 2 aromatic heterocycles. The number of carbonyl (C=O) groups is 1. The first-order valence-corrected chi connectivity index (χ1v) is 11.0. The molecule has 0 saturated carbocycles. The van der Waals surface area contributed by atoms with Crippen LogP contribution in [0.1, 0.15) is 25.1 Å². The predicted octanol–water partition coefficient (Wildman–Crippen LogP) is 2.72. The van der Waals surface area contributed by atoms with E-state index < -0.39 is 10.0 Å². The first-order valence-electron chi connectivity index (χ1n) is 9.43. The van der Waals surface area contributed by atoms with Gasteiger partial charge in [0.2, 0.25) is 15.9 Å². The van der Waals surface area contributed by atoms with E-state index in [2.05, 4.69) is 15.3 Å². The Balaban J connectivity index is 1.50. The second kappa shape index (κ2) is 7.54. The van der Waals surface area contributed by atoms with Gasteiger partial charge < -0.3 is 14.3 Å². The fraction of sp³-hybridized carbons (Fsp3) is 0.250. The number of aryl methyl sites for hydroxylation is 3. The predicted molar refractivity (Wildman–Crippen MR) is 112 cm³/mol. The largest absolute Gasteiger partial charge is 0.441 e. The van der Waals surface area contributed by atoms with E-state index in [4.69, 9.17) is 9.56 Å². The molecule has 0 aliphatic carbocycles. The van der Waals surface area contributed by atoms with Gasteiger partial charge in [0.15, 0.2) is 11.5 Å². The third-order valence-corrected chi connectivity index (χ3v) is 5.71. The number of nitrogens with two attached hydrogens (primary N) is 1. The third kappa shape index (κ3) is 3.91. The maximum absolute atomic E-state index is 12.4. The second-order valence-corrected chi connectivity index (χ2v) is 8.49. The van der Waals surface area contributed by atoms with E-state index in [1.807, 2.05) is 11.5 Å². The lowest BCUT2D eigenvalue weighted by Crippen LogP contribution is -2.14. The molecule has 0 aliphatic heterocycles. The van der Waals surface area contributed by atoms with Crippen molar-refractivity contribution in [3.8, 4) is 0 Å². The maximum Gasteiger partial charge on any atom is 0.238 e. The average molecular weight is 427 g/mol. The van der Waals surface area contributed by atoms with Gasteiger partial charge in [-0.2, -0.15) is 0 Å². The molecule has 0 bridgehead atoms. The molecule has 0 saturated heterocycles. The zero-order valence-electron chi connectivity index (χ0n) is 16.5.